The second kappa shape index (κ2) is 7.29. The summed E-state index contributed by atoms with van der Waals surface area (Å²) in [6, 6.07) is 17.4. The number of rotatable bonds is 5. The van der Waals surface area contributed by atoms with Crippen molar-refractivity contribution in [1.82, 2.24) is 0 Å². The van der Waals surface area contributed by atoms with Crippen LogP contribution in [0.15, 0.2) is 60.2 Å². The molecule has 0 unspecified atom stereocenters. The lowest BCUT2D eigenvalue weighted by Gasteiger charge is -2.06. The summed E-state index contributed by atoms with van der Waals surface area (Å²) in [4.78, 5) is 11.9. The van der Waals surface area contributed by atoms with E-state index in [0.717, 1.165) is 16.9 Å². The molecule has 0 aliphatic heterocycles. The fourth-order valence-corrected chi connectivity index (χ4v) is 2.03. The SMILES string of the molecule is COC(=O)/C(=C/c1ccc(OC)cc1)Cc1ccccc1. The molecule has 0 aliphatic rings. The van der Waals surface area contributed by atoms with Gasteiger partial charge in [0.1, 0.15) is 5.75 Å². The average Bonchev–Trinajstić information content (AvgIpc) is 2.55. The zero-order valence-corrected chi connectivity index (χ0v) is 12.2. The number of esters is 1. The van der Waals surface area contributed by atoms with Gasteiger partial charge in [-0.2, -0.15) is 0 Å². The van der Waals surface area contributed by atoms with Crippen LogP contribution in [0.2, 0.25) is 0 Å². The minimum atomic E-state index is -0.310. The van der Waals surface area contributed by atoms with E-state index in [4.69, 9.17) is 9.47 Å². The molecule has 0 amide bonds. The predicted octanol–water partition coefficient (Wildman–Crippen LogP) is 3.49. The van der Waals surface area contributed by atoms with Crippen molar-refractivity contribution in [2.24, 2.45) is 0 Å². The number of carbonyl (C=O) groups is 1. The summed E-state index contributed by atoms with van der Waals surface area (Å²) in [5.41, 5.74) is 2.63. The van der Waals surface area contributed by atoms with Crippen molar-refractivity contribution in [3.63, 3.8) is 0 Å². The van der Waals surface area contributed by atoms with Gasteiger partial charge in [-0.05, 0) is 29.3 Å². The zero-order valence-electron chi connectivity index (χ0n) is 12.2. The molecule has 0 heterocycles. The van der Waals surface area contributed by atoms with Crippen molar-refractivity contribution in [3.8, 4) is 5.75 Å². The van der Waals surface area contributed by atoms with E-state index in [1.54, 1.807) is 7.11 Å². The molecule has 0 spiro atoms. The van der Waals surface area contributed by atoms with E-state index in [1.165, 1.54) is 7.11 Å². The topological polar surface area (TPSA) is 35.5 Å². The Morgan fingerprint density at radius 3 is 2.24 bits per heavy atom. The van der Waals surface area contributed by atoms with Crippen LogP contribution in [-0.2, 0) is 16.0 Å². The Balaban J connectivity index is 2.26. The van der Waals surface area contributed by atoms with Gasteiger partial charge in [0.2, 0.25) is 0 Å². The Kier molecular flexibility index (Phi) is 5.16. The van der Waals surface area contributed by atoms with Gasteiger partial charge in [0.15, 0.2) is 0 Å². The molecule has 3 heteroatoms. The molecule has 0 N–H and O–H groups in total. The van der Waals surface area contributed by atoms with Gasteiger partial charge in [0.25, 0.3) is 0 Å². The van der Waals surface area contributed by atoms with Gasteiger partial charge in [0.05, 0.1) is 14.2 Å². The fourth-order valence-electron chi connectivity index (χ4n) is 2.03. The number of ether oxygens (including phenoxy) is 2. The highest BCUT2D eigenvalue weighted by Crippen LogP contribution is 2.17. The Morgan fingerprint density at radius 1 is 1.00 bits per heavy atom. The van der Waals surface area contributed by atoms with Crippen molar-refractivity contribution in [3.05, 3.63) is 71.3 Å². The third-order valence-corrected chi connectivity index (χ3v) is 3.14. The maximum Gasteiger partial charge on any atom is 0.334 e. The first kappa shape index (κ1) is 14.9. The molecule has 0 radical (unpaired) electrons. The Bertz CT molecular complexity index is 613. The molecule has 0 saturated carbocycles. The lowest BCUT2D eigenvalue weighted by atomic mass is 10.0. The highest BCUT2D eigenvalue weighted by molar-refractivity contribution is 5.94. The average molecular weight is 282 g/mol. The molecule has 0 aromatic heterocycles. The summed E-state index contributed by atoms with van der Waals surface area (Å²) >= 11 is 0. The lowest BCUT2D eigenvalue weighted by molar-refractivity contribution is -0.136. The van der Waals surface area contributed by atoms with Crippen molar-refractivity contribution < 1.29 is 14.3 Å². The Morgan fingerprint density at radius 2 is 1.67 bits per heavy atom. The summed E-state index contributed by atoms with van der Waals surface area (Å²) in [7, 11) is 3.02. The summed E-state index contributed by atoms with van der Waals surface area (Å²) in [5.74, 6) is 0.476. The normalized spacial score (nSPS) is 11.0. The van der Waals surface area contributed by atoms with E-state index >= 15 is 0 Å². The minimum absolute atomic E-state index is 0.310. The van der Waals surface area contributed by atoms with E-state index in [0.29, 0.717) is 12.0 Å². The lowest BCUT2D eigenvalue weighted by Crippen LogP contribution is -2.07. The number of hydrogen-bond acceptors (Lipinski definition) is 3. The largest absolute Gasteiger partial charge is 0.497 e. The van der Waals surface area contributed by atoms with Crippen LogP contribution in [0.5, 0.6) is 5.75 Å². The van der Waals surface area contributed by atoms with Crippen LogP contribution in [0.25, 0.3) is 6.08 Å². The van der Waals surface area contributed by atoms with E-state index in [2.05, 4.69) is 0 Å². The van der Waals surface area contributed by atoms with Crippen LogP contribution in [0.1, 0.15) is 11.1 Å². The number of methoxy groups -OCH3 is 2. The molecule has 108 valence electrons. The van der Waals surface area contributed by atoms with Gasteiger partial charge in [-0.15, -0.1) is 0 Å². The molecule has 2 aromatic carbocycles. The standard InChI is InChI=1S/C18H18O3/c1-20-17-10-8-15(9-11-17)13-16(18(19)21-2)12-14-6-4-3-5-7-14/h3-11,13H,12H2,1-2H3/b16-13+. The molecule has 0 fully saturated rings. The van der Waals surface area contributed by atoms with Gasteiger partial charge in [0, 0.05) is 12.0 Å². The molecule has 2 rings (SSSR count). The molecule has 0 atom stereocenters. The van der Waals surface area contributed by atoms with Crippen LogP contribution in [0.4, 0.5) is 0 Å². The van der Waals surface area contributed by atoms with Crippen molar-refractivity contribution in [2.75, 3.05) is 14.2 Å². The summed E-state index contributed by atoms with van der Waals surface area (Å²) in [6.07, 6.45) is 2.39. The van der Waals surface area contributed by atoms with Crippen molar-refractivity contribution >= 4 is 12.0 Å². The van der Waals surface area contributed by atoms with Crippen LogP contribution in [0.3, 0.4) is 0 Å². The molecule has 21 heavy (non-hydrogen) atoms. The fraction of sp³-hybridized carbons (Fsp3) is 0.167. The molecule has 2 aromatic rings. The van der Waals surface area contributed by atoms with Crippen LogP contribution < -0.4 is 4.74 Å². The van der Waals surface area contributed by atoms with Crippen molar-refractivity contribution in [1.29, 1.82) is 0 Å². The maximum absolute atomic E-state index is 11.9. The van der Waals surface area contributed by atoms with Gasteiger partial charge in [-0.3, -0.25) is 0 Å². The molecule has 0 aliphatic carbocycles. The maximum atomic E-state index is 11.9. The van der Waals surface area contributed by atoms with E-state index in [1.807, 2.05) is 60.7 Å². The first-order chi connectivity index (χ1) is 10.2. The summed E-state index contributed by atoms with van der Waals surface area (Å²) in [5, 5.41) is 0. The number of benzene rings is 2. The Hall–Kier alpha value is -2.55. The van der Waals surface area contributed by atoms with Crippen molar-refractivity contribution in [2.45, 2.75) is 6.42 Å². The van der Waals surface area contributed by atoms with Crippen LogP contribution in [0, 0.1) is 0 Å². The summed E-state index contributed by atoms with van der Waals surface area (Å²) in [6.45, 7) is 0. The van der Waals surface area contributed by atoms with Gasteiger partial charge in [-0.25, -0.2) is 4.79 Å². The Labute approximate surface area is 124 Å². The smallest absolute Gasteiger partial charge is 0.334 e. The second-order valence-corrected chi connectivity index (χ2v) is 4.60. The minimum Gasteiger partial charge on any atom is -0.497 e. The van der Waals surface area contributed by atoms with E-state index in [-0.39, 0.29) is 5.97 Å². The van der Waals surface area contributed by atoms with Gasteiger partial charge in [-0.1, -0.05) is 42.5 Å². The number of carbonyl (C=O) groups excluding carboxylic acids is 1. The highest BCUT2D eigenvalue weighted by atomic mass is 16.5. The zero-order chi connectivity index (χ0) is 15.1. The molecule has 0 saturated heterocycles. The number of hydrogen-bond donors (Lipinski definition) is 0. The van der Waals surface area contributed by atoms with Crippen LogP contribution >= 0.6 is 0 Å². The van der Waals surface area contributed by atoms with Gasteiger partial charge >= 0.3 is 5.97 Å². The van der Waals surface area contributed by atoms with E-state index in [9.17, 15) is 4.79 Å². The quantitative estimate of drug-likeness (QED) is 0.622. The first-order valence-corrected chi connectivity index (χ1v) is 6.70. The summed E-state index contributed by atoms with van der Waals surface area (Å²) < 4.78 is 10.00. The first-order valence-electron chi connectivity index (χ1n) is 6.70. The second-order valence-electron chi connectivity index (χ2n) is 4.60. The van der Waals surface area contributed by atoms with Crippen LogP contribution in [-0.4, -0.2) is 20.2 Å². The molecule has 3 nitrogen and oxygen atoms in total. The molecular formula is C18H18O3. The van der Waals surface area contributed by atoms with Gasteiger partial charge < -0.3 is 9.47 Å². The monoisotopic (exact) mass is 282 g/mol. The third kappa shape index (κ3) is 4.21. The van der Waals surface area contributed by atoms with E-state index < -0.39 is 0 Å². The predicted molar refractivity (Wildman–Crippen MR) is 83.1 cm³/mol. The molecule has 0 bridgehead atoms. The highest BCUT2D eigenvalue weighted by Gasteiger charge is 2.10. The third-order valence-electron chi connectivity index (χ3n) is 3.14. The molecular weight excluding hydrogens is 264 g/mol.